The van der Waals surface area contributed by atoms with Crippen molar-refractivity contribution in [2.75, 3.05) is 12.4 Å². The number of hydrogen-bond donors (Lipinski definition) is 2. The highest BCUT2D eigenvalue weighted by Crippen LogP contribution is 2.36. The second-order valence-electron chi connectivity index (χ2n) is 7.08. The van der Waals surface area contributed by atoms with Crippen molar-refractivity contribution in [3.8, 4) is 5.75 Å². The highest BCUT2D eigenvalue weighted by molar-refractivity contribution is 7.18. The molecule has 136 valence electrons. The van der Waals surface area contributed by atoms with Crippen LogP contribution in [0.3, 0.4) is 0 Å². The van der Waals surface area contributed by atoms with Gasteiger partial charge in [0.25, 0.3) is 5.56 Å². The quantitative estimate of drug-likeness (QED) is 0.720. The number of methoxy groups -OCH3 is 1. The number of thiophene rings is 1. The molecular formula is C20H23N3O2S. The molecular weight excluding hydrogens is 346 g/mol. The molecule has 0 radical (unpaired) electrons. The summed E-state index contributed by atoms with van der Waals surface area (Å²) in [5.41, 5.74) is 2.17. The van der Waals surface area contributed by atoms with Gasteiger partial charge >= 0.3 is 0 Å². The zero-order valence-corrected chi connectivity index (χ0v) is 16.1. The Morgan fingerprint density at radius 2 is 2.12 bits per heavy atom. The second kappa shape index (κ2) is 6.76. The number of aryl methyl sites for hydroxylation is 1. The van der Waals surface area contributed by atoms with Gasteiger partial charge in [-0.25, -0.2) is 4.98 Å². The van der Waals surface area contributed by atoms with Crippen LogP contribution in [0.5, 0.6) is 5.75 Å². The molecule has 0 saturated heterocycles. The van der Waals surface area contributed by atoms with E-state index in [9.17, 15) is 4.79 Å². The number of fused-ring (bicyclic) bond motifs is 3. The topological polar surface area (TPSA) is 67.0 Å². The van der Waals surface area contributed by atoms with E-state index < -0.39 is 0 Å². The molecule has 0 fully saturated rings. The standard InChI is InChI=1S/C20H23N3O2S/c1-11-4-9-15-16(10-11)26-20-17(15)19(24)22-18(23-20)12(2)21-13-5-7-14(25-3)8-6-13/h5-8,11-12,21H,4,9-10H2,1-3H3,(H,22,23,24)/t11-,12+/m1/s1. The number of rotatable bonds is 4. The third-order valence-electron chi connectivity index (χ3n) is 5.07. The molecule has 2 N–H and O–H groups in total. The fourth-order valence-electron chi connectivity index (χ4n) is 3.58. The number of nitrogens with zero attached hydrogens (tertiary/aromatic N) is 1. The van der Waals surface area contributed by atoms with Crippen molar-refractivity contribution < 1.29 is 4.74 Å². The summed E-state index contributed by atoms with van der Waals surface area (Å²) in [4.78, 5) is 22.7. The van der Waals surface area contributed by atoms with Gasteiger partial charge in [-0.05, 0) is 61.9 Å². The lowest BCUT2D eigenvalue weighted by Crippen LogP contribution is -2.18. The molecule has 2 atom stereocenters. The zero-order chi connectivity index (χ0) is 18.3. The monoisotopic (exact) mass is 369 g/mol. The lowest BCUT2D eigenvalue weighted by atomic mass is 9.89. The normalized spacial score (nSPS) is 17.7. The lowest BCUT2D eigenvalue weighted by Gasteiger charge is -2.17. The smallest absolute Gasteiger partial charge is 0.259 e. The minimum atomic E-state index is -0.0986. The molecule has 0 spiro atoms. The molecule has 0 bridgehead atoms. The fraction of sp³-hybridized carbons (Fsp3) is 0.400. The van der Waals surface area contributed by atoms with E-state index in [0.29, 0.717) is 11.7 Å². The van der Waals surface area contributed by atoms with Crippen LogP contribution in [0.4, 0.5) is 5.69 Å². The van der Waals surface area contributed by atoms with Gasteiger partial charge in [0.2, 0.25) is 0 Å². The van der Waals surface area contributed by atoms with E-state index in [1.807, 2.05) is 31.2 Å². The number of ether oxygens (including phenoxy) is 1. The van der Waals surface area contributed by atoms with E-state index in [1.165, 1.54) is 10.4 Å². The molecule has 3 aromatic rings. The van der Waals surface area contributed by atoms with Crippen molar-refractivity contribution in [3.05, 3.63) is 50.9 Å². The first-order valence-electron chi connectivity index (χ1n) is 9.00. The summed E-state index contributed by atoms with van der Waals surface area (Å²) in [6.45, 7) is 4.28. The first kappa shape index (κ1) is 17.1. The number of anilines is 1. The summed E-state index contributed by atoms with van der Waals surface area (Å²) < 4.78 is 5.18. The first-order chi connectivity index (χ1) is 12.5. The van der Waals surface area contributed by atoms with E-state index in [-0.39, 0.29) is 11.6 Å². The van der Waals surface area contributed by atoms with Crippen molar-refractivity contribution in [2.45, 2.75) is 39.2 Å². The van der Waals surface area contributed by atoms with E-state index in [4.69, 9.17) is 9.72 Å². The summed E-state index contributed by atoms with van der Waals surface area (Å²) in [6, 6.07) is 7.62. The summed E-state index contributed by atoms with van der Waals surface area (Å²) in [7, 11) is 1.65. The van der Waals surface area contributed by atoms with Crippen LogP contribution in [-0.4, -0.2) is 17.1 Å². The highest BCUT2D eigenvalue weighted by Gasteiger charge is 2.23. The van der Waals surface area contributed by atoms with Gasteiger partial charge in [-0.3, -0.25) is 4.79 Å². The molecule has 2 heterocycles. The van der Waals surface area contributed by atoms with E-state index in [1.54, 1.807) is 18.4 Å². The maximum absolute atomic E-state index is 12.7. The predicted octanol–water partition coefficient (Wildman–Crippen LogP) is 4.29. The number of aromatic nitrogens is 2. The molecule has 0 saturated carbocycles. The maximum Gasteiger partial charge on any atom is 0.259 e. The number of nitrogens with one attached hydrogen (secondary N) is 2. The molecule has 0 unspecified atom stereocenters. The average molecular weight is 369 g/mol. The van der Waals surface area contributed by atoms with Crippen molar-refractivity contribution in [1.29, 1.82) is 0 Å². The van der Waals surface area contributed by atoms with Crippen molar-refractivity contribution in [2.24, 2.45) is 5.92 Å². The molecule has 0 aliphatic heterocycles. The summed E-state index contributed by atoms with van der Waals surface area (Å²) >= 11 is 1.69. The Bertz CT molecular complexity index is 991. The van der Waals surface area contributed by atoms with Gasteiger partial charge in [0.15, 0.2) is 0 Å². The Hall–Kier alpha value is -2.34. The molecule has 2 aromatic heterocycles. The number of hydrogen-bond acceptors (Lipinski definition) is 5. The van der Waals surface area contributed by atoms with Crippen LogP contribution in [0.1, 0.15) is 42.6 Å². The Kier molecular flexibility index (Phi) is 4.44. The van der Waals surface area contributed by atoms with Crippen LogP contribution in [-0.2, 0) is 12.8 Å². The number of aromatic amines is 1. The van der Waals surface area contributed by atoms with Crippen molar-refractivity contribution in [1.82, 2.24) is 9.97 Å². The van der Waals surface area contributed by atoms with Crippen LogP contribution in [0.15, 0.2) is 29.1 Å². The Balaban J connectivity index is 1.65. The molecule has 5 nitrogen and oxygen atoms in total. The van der Waals surface area contributed by atoms with Crippen molar-refractivity contribution >= 4 is 27.2 Å². The lowest BCUT2D eigenvalue weighted by molar-refractivity contribution is 0.415. The van der Waals surface area contributed by atoms with Gasteiger partial charge in [-0.15, -0.1) is 11.3 Å². The summed E-state index contributed by atoms with van der Waals surface area (Å²) in [6.07, 6.45) is 3.19. The first-order valence-corrected chi connectivity index (χ1v) is 9.82. The van der Waals surface area contributed by atoms with Gasteiger partial charge in [0, 0.05) is 10.6 Å². The minimum Gasteiger partial charge on any atom is -0.497 e. The van der Waals surface area contributed by atoms with Crippen LogP contribution in [0, 0.1) is 5.92 Å². The average Bonchev–Trinajstić information content (AvgIpc) is 3.00. The van der Waals surface area contributed by atoms with E-state index >= 15 is 0 Å². The molecule has 26 heavy (non-hydrogen) atoms. The molecule has 0 amide bonds. The largest absolute Gasteiger partial charge is 0.497 e. The van der Waals surface area contributed by atoms with Crippen LogP contribution < -0.4 is 15.6 Å². The Labute approximate surface area is 156 Å². The van der Waals surface area contributed by atoms with Crippen LogP contribution in [0.2, 0.25) is 0 Å². The van der Waals surface area contributed by atoms with E-state index in [0.717, 1.165) is 40.9 Å². The predicted molar refractivity (Wildman–Crippen MR) is 106 cm³/mol. The van der Waals surface area contributed by atoms with Gasteiger partial charge in [-0.2, -0.15) is 0 Å². The van der Waals surface area contributed by atoms with Crippen LogP contribution in [0.25, 0.3) is 10.2 Å². The van der Waals surface area contributed by atoms with E-state index in [2.05, 4.69) is 17.2 Å². The zero-order valence-electron chi connectivity index (χ0n) is 15.3. The Morgan fingerprint density at radius 3 is 2.85 bits per heavy atom. The van der Waals surface area contributed by atoms with Gasteiger partial charge in [0.1, 0.15) is 16.4 Å². The molecule has 1 aliphatic rings. The Morgan fingerprint density at radius 1 is 1.35 bits per heavy atom. The molecule has 6 heteroatoms. The van der Waals surface area contributed by atoms with Crippen LogP contribution >= 0.6 is 11.3 Å². The number of H-pyrrole nitrogens is 1. The molecule has 4 rings (SSSR count). The summed E-state index contributed by atoms with van der Waals surface area (Å²) in [5.74, 6) is 2.17. The molecule has 1 aliphatic carbocycles. The molecule has 1 aromatic carbocycles. The minimum absolute atomic E-state index is 0.0135. The number of benzene rings is 1. The van der Waals surface area contributed by atoms with Gasteiger partial charge in [0.05, 0.1) is 18.5 Å². The third-order valence-corrected chi connectivity index (χ3v) is 6.22. The van der Waals surface area contributed by atoms with Gasteiger partial charge < -0.3 is 15.0 Å². The summed E-state index contributed by atoms with van der Waals surface area (Å²) in [5, 5.41) is 4.19. The SMILES string of the molecule is COc1ccc(N[C@@H](C)c2nc3sc4c(c3c(=O)[nH]2)CC[C@@H](C)C4)cc1. The third kappa shape index (κ3) is 3.09. The highest BCUT2D eigenvalue weighted by atomic mass is 32.1. The fourth-order valence-corrected chi connectivity index (χ4v) is 4.97. The van der Waals surface area contributed by atoms with Crippen molar-refractivity contribution in [3.63, 3.8) is 0 Å². The second-order valence-corrected chi connectivity index (χ2v) is 8.16. The van der Waals surface area contributed by atoms with Gasteiger partial charge in [-0.1, -0.05) is 6.92 Å². The maximum atomic E-state index is 12.7.